The fourth-order valence-electron chi connectivity index (χ4n) is 3.25. The van der Waals surface area contributed by atoms with Crippen molar-refractivity contribution in [2.75, 3.05) is 26.4 Å². The van der Waals surface area contributed by atoms with Gasteiger partial charge in [0.1, 0.15) is 11.3 Å². The predicted molar refractivity (Wildman–Crippen MR) is 121 cm³/mol. The number of esters is 1. The number of hydrogen-bond donors (Lipinski definition) is 2. The molecule has 3 aromatic carbocycles. The van der Waals surface area contributed by atoms with Gasteiger partial charge in [-0.3, -0.25) is 4.79 Å². The van der Waals surface area contributed by atoms with Crippen LogP contribution >= 0.6 is 0 Å². The van der Waals surface area contributed by atoms with E-state index in [0.717, 1.165) is 16.3 Å². The molecule has 0 fully saturated rings. The van der Waals surface area contributed by atoms with Crippen LogP contribution in [0.15, 0.2) is 54.6 Å². The van der Waals surface area contributed by atoms with E-state index in [1.54, 1.807) is 6.07 Å². The largest absolute Gasteiger partial charge is 0.507 e. The van der Waals surface area contributed by atoms with Gasteiger partial charge in [-0.25, -0.2) is 4.79 Å². The normalized spacial score (nSPS) is 10.6. The monoisotopic (exact) mass is 437 g/mol. The van der Waals surface area contributed by atoms with Gasteiger partial charge in [0, 0.05) is 6.54 Å². The van der Waals surface area contributed by atoms with Crippen LogP contribution in [-0.4, -0.2) is 43.3 Å². The highest BCUT2D eigenvalue weighted by molar-refractivity contribution is 5.99. The Kier molecular flexibility index (Phi) is 7.91. The lowest BCUT2D eigenvalue weighted by Crippen LogP contribution is -2.30. The van der Waals surface area contributed by atoms with Crippen LogP contribution in [0, 0.1) is 0 Å². The summed E-state index contributed by atoms with van der Waals surface area (Å²) in [5.41, 5.74) is 1.00. The van der Waals surface area contributed by atoms with Crippen molar-refractivity contribution in [2.24, 2.45) is 0 Å². The lowest BCUT2D eigenvalue weighted by molar-refractivity contribution is -0.124. The Balaban J connectivity index is 1.50. The number of phenols is 1. The summed E-state index contributed by atoms with van der Waals surface area (Å²) in [6, 6.07) is 16.1. The van der Waals surface area contributed by atoms with Gasteiger partial charge in [-0.15, -0.1) is 0 Å². The SMILES string of the molecule is CCOc1ccc(CCNC(=O)COC(=O)c2cc3ccccc3cc2O)cc1OCC. The second-order valence-electron chi connectivity index (χ2n) is 7.04. The van der Waals surface area contributed by atoms with Crippen molar-refractivity contribution in [1.82, 2.24) is 5.32 Å². The van der Waals surface area contributed by atoms with E-state index in [2.05, 4.69) is 5.32 Å². The molecule has 0 spiro atoms. The lowest BCUT2D eigenvalue weighted by atomic mass is 10.1. The molecule has 0 aliphatic rings. The summed E-state index contributed by atoms with van der Waals surface area (Å²) in [7, 11) is 0. The van der Waals surface area contributed by atoms with Gasteiger partial charge >= 0.3 is 5.97 Å². The molecule has 7 heteroatoms. The van der Waals surface area contributed by atoms with Crippen LogP contribution in [0.3, 0.4) is 0 Å². The van der Waals surface area contributed by atoms with Crippen molar-refractivity contribution in [2.45, 2.75) is 20.3 Å². The van der Waals surface area contributed by atoms with E-state index in [0.29, 0.717) is 37.7 Å². The Bertz CT molecular complexity index is 1090. The van der Waals surface area contributed by atoms with Gasteiger partial charge in [-0.2, -0.15) is 0 Å². The van der Waals surface area contributed by atoms with E-state index in [1.165, 1.54) is 6.07 Å². The summed E-state index contributed by atoms with van der Waals surface area (Å²) >= 11 is 0. The zero-order chi connectivity index (χ0) is 22.9. The van der Waals surface area contributed by atoms with Crippen molar-refractivity contribution >= 4 is 22.6 Å². The molecule has 0 aliphatic heterocycles. The van der Waals surface area contributed by atoms with E-state index >= 15 is 0 Å². The molecule has 0 aliphatic carbocycles. The molecule has 0 unspecified atom stereocenters. The van der Waals surface area contributed by atoms with Gasteiger partial charge in [0.15, 0.2) is 18.1 Å². The number of benzene rings is 3. The molecule has 0 atom stereocenters. The number of carbonyl (C=O) groups excluding carboxylic acids is 2. The molecule has 168 valence electrons. The molecule has 0 aromatic heterocycles. The summed E-state index contributed by atoms with van der Waals surface area (Å²) < 4.78 is 16.2. The van der Waals surface area contributed by atoms with Crippen LogP contribution < -0.4 is 14.8 Å². The number of aromatic hydroxyl groups is 1. The Morgan fingerprint density at radius 2 is 1.59 bits per heavy atom. The molecule has 0 heterocycles. The standard InChI is InChI=1S/C25H27NO6/c1-3-30-22-10-9-17(13-23(22)31-4-2)11-12-26-24(28)16-32-25(29)20-14-18-7-5-6-8-19(18)15-21(20)27/h5-10,13-15,27H,3-4,11-12,16H2,1-2H3,(H,26,28). The van der Waals surface area contributed by atoms with Crippen LogP contribution in [0.25, 0.3) is 10.8 Å². The Morgan fingerprint density at radius 3 is 2.31 bits per heavy atom. The van der Waals surface area contributed by atoms with Gasteiger partial charge in [0.05, 0.1) is 13.2 Å². The number of phenolic OH excluding ortho intramolecular Hbond substituents is 1. The van der Waals surface area contributed by atoms with E-state index in [-0.39, 0.29) is 11.3 Å². The lowest BCUT2D eigenvalue weighted by Gasteiger charge is -2.13. The second kappa shape index (κ2) is 11.0. The highest BCUT2D eigenvalue weighted by Gasteiger charge is 2.15. The second-order valence-corrected chi connectivity index (χ2v) is 7.04. The minimum Gasteiger partial charge on any atom is -0.507 e. The predicted octanol–water partition coefficient (Wildman–Crippen LogP) is 3.86. The molecule has 32 heavy (non-hydrogen) atoms. The first-order valence-electron chi connectivity index (χ1n) is 10.6. The number of carbonyl (C=O) groups is 2. The van der Waals surface area contributed by atoms with Crippen LogP contribution in [0.1, 0.15) is 29.8 Å². The van der Waals surface area contributed by atoms with E-state index in [1.807, 2.05) is 56.3 Å². The van der Waals surface area contributed by atoms with Crippen molar-refractivity contribution in [1.29, 1.82) is 0 Å². The summed E-state index contributed by atoms with van der Waals surface area (Å²) in [6.07, 6.45) is 0.581. The highest BCUT2D eigenvalue weighted by atomic mass is 16.5. The minimum absolute atomic E-state index is 0.0225. The number of rotatable bonds is 10. The third kappa shape index (κ3) is 5.91. The Morgan fingerprint density at radius 1 is 0.906 bits per heavy atom. The highest BCUT2D eigenvalue weighted by Crippen LogP contribution is 2.28. The smallest absolute Gasteiger partial charge is 0.342 e. The number of fused-ring (bicyclic) bond motifs is 1. The first kappa shape index (κ1) is 22.9. The summed E-state index contributed by atoms with van der Waals surface area (Å²) in [5.74, 6) is -0.00568. The molecule has 3 aromatic rings. The minimum atomic E-state index is -0.753. The van der Waals surface area contributed by atoms with Crippen LogP contribution in [-0.2, 0) is 16.0 Å². The molecule has 3 rings (SSSR count). The molecule has 7 nitrogen and oxygen atoms in total. The molecule has 1 amide bonds. The number of amides is 1. The number of nitrogens with one attached hydrogen (secondary N) is 1. The van der Waals surface area contributed by atoms with Gasteiger partial charge in [0.2, 0.25) is 0 Å². The molecular formula is C25H27NO6. The number of ether oxygens (including phenoxy) is 3. The Hall–Kier alpha value is -3.74. The average molecular weight is 437 g/mol. The molecule has 0 radical (unpaired) electrons. The number of hydrogen-bond acceptors (Lipinski definition) is 6. The third-order valence-corrected chi connectivity index (χ3v) is 4.76. The molecule has 0 saturated carbocycles. The fraction of sp³-hybridized carbons (Fsp3) is 0.280. The summed E-state index contributed by atoms with van der Waals surface area (Å²) in [4.78, 5) is 24.4. The maximum Gasteiger partial charge on any atom is 0.342 e. The van der Waals surface area contributed by atoms with Gasteiger partial charge in [-0.1, -0.05) is 30.3 Å². The maximum atomic E-state index is 12.3. The van der Waals surface area contributed by atoms with Crippen molar-refractivity contribution < 1.29 is 28.9 Å². The first-order valence-corrected chi connectivity index (χ1v) is 10.6. The molecule has 0 bridgehead atoms. The van der Waals surface area contributed by atoms with E-state index in [9.17, 15) is 14.7 Å². The zero-order valence-electron chi connectivity index (χ0n) is 18.2. The quantitative estimate of drug-likeness (QED) is 0.468. The summed E-state index contributed by atoms with van der Waals surface area (Å²) in [5, 5.41) is 14.4. The van der Waals surface area contributed by atoms with Crippen molar-refractivity contribution in [3.63, 3.8) is 0 Å². The maximum absolute atomic E-state index is 12.3. The Labute approximate surface area is 186 Å². The van der Waals surface area contributed by atoms with E-state index < -0.39 is 18.5 Å². The van der Waals surface area contributed by atoms with Gasteiger partial charge < -0.3 is 24.6 Å². The summed E-state index contributed by atoms with van der Waals surface area (Å²) in [6.45, 7) is 4.83. The van der Waals surface area contributed by atoms with Crippen molar-refractivity contribution in [3.8, 4) is 17.2 Å². The van der Waals surface area contributed by atoms with Crippen LogP contribution in [0.4, 0.5) is 0 Å². The average Bonchev–Trinajstić information content (AvgIpc) is 2.79. The van der Waals surface area contributed by atoms with Gasteiger partial charge in [0.25, 0.3) is 5.91 Å². The molecule has 2 N–H and O–H groups in total. The van der Waals surface area contributed by atoms with Crippen LogP contribution in [0.2, 0.25) is 0 Å². The third-order valence-electron chi connectivity index (χ3n) is 4.76. The topological polar surface area (TPSA) is 94.1 Å². The van der Waals surface area contributed by atoms with Gasteiger partial charge in [-0.05, 0) is 60.9 Å². The van der Waals surface area contributed by atoms with Crippen LogP contribution in [0.5, 0.6) is 17.2 Å². The van der Waals surface area contributed by atoms with Crippen molar-refractivity contribution in [3.05, 3.63) is 65.7 Å². The molecule has 0 saturated heterocycles. The van der Waals surface area contributed by atoms with E-state index in [4.69, 9.17) is 14.2 Å². The molecular weight excluding hydrogens is 410 g/mol. The zero-order valence-corrected chi connectivity index (χ0v) is 18.2. The fourth-order valence-corrected chi connectivity index (χ4v) is 3.25. The first-order chi connectivity index (χ1) is 15.5.